The van der Waals surface area contributed by atoms with Gasteiger partial charge in [0.05, 0.1) is 34.5 Å². The molecule has 1 aliphatic rings. The molecule has 2 amide bonds. The molecular weight excluding hydrogens is 374 g/mol. The van der Waals surface area contributed by atoms with Crippen molar-refractivity contribution in [2.45, 2.75) is 27.7 Å². The fraction of sp³-hybridized carbons (Fsp3) is 0.429. The number of carbonyl (C=O) groups excluding carboxylic acids is 2. The SMILES string of the molecule is Cc1cc(NC(=O)C(C)(C)C)sc1C(=O)Nc1ccccc1N1CCOCC1. The van der Waals surface area contributed by atoms with Crippen LogP contribution in [0.15, 0.2) is 30.3 Å². The second-order valence-electron chi connectivity index (χ2n) is 7.90. The van der Waals surface area contributed by atoms with Crippen LogP contribution in [0.3, 0.4) is 0 Å². The first-order valence-corrected chi connectivity index (χ1v) is 10.2. The Bertz CT molecular complexity index is 864. The molecule has 0 unspecified atom stereocenters. The van der Waals surface area contributed by atoms with Crippen LogP contribution in [0.1, 0.15) is 36.0 Å². The van der Waals surface area contributed by atoms with Gasteiger partial charge >= 0.3 is 0 Å². The monoisotopic (exact) mass is 401 g/mol. The van der Waals surface area contributed by atoms with E-state index in [1.807, 2.05) is 58.0 Å². The van der Waals surface area contributed by atoms with E-state index in [1.165, 1.54) is 11.3 Å². The van der Waals surface area contributed by atoms with Crippen molar-refractivity contribution in [2.75, 3.05) is 41.8 Å². The maximum atomic E-state index is 12.9. The van der Waals surface area contributed by atoms with Gasteiger partial charge in [-0.1, -0.05) is 32.9 Å². The number of nitrogens with zero attached hydrogens (tertiary/aromatic N) is 1. The molecule has 1 aromatic carbocycles. The number of amides is 2. The van der Waals surface area contributed by atoms with Gasteiger partial charge in [0.15, 0.2) is 0 Å². The number of rotatable bonds is 4. The van der Waals surface area contributed by atoms with E-state index < -0.39 is 5.41 Å². The van der Waals surface area contributed by atoms with Crippen LogP contribution in [0.4, 0.5) is 16.4 Å². The van der Waals surface area contributed by atoms with Crippen LogP contribution in [0.2, 0.25) is 0 Å². The van der Waals surface area contributed by atoms with Crippen LogP contribution in [0.25, 0.3) is 0 Å². The number of benzene rings is 1. The summed E-state index contributed by atoms with van der Waals surface area (Å²) in [6.07, 6.45) is 0. The van der Waals surface area contributed by atoms with Crippen molar-refractivity contribution in [3.63, 3.8) is 0 Å². The highest BCUT2D eigenvalue weighted by Gasteiger charge is 2.23. The third kappa shape index (κ3) is 4.72. The smallest absolute Gasteiger partial charge is 0.266 e. The molecule has 2 aromatic rings. The van der Waals surface area contributed by atoms with Gasteiger partial charge in [-0.2, -0.15) is 0 Å². The second-order valence-corrected chi connectivity index (χ2v) is 8.95. The highest BCUT2D eigenvalue weighted by molar-refractivity contribution is 7.18. The zero-order valence-electron chi connectivity index (χ0n) is 16.8. The summed E-state index contributed by atoms with van der Waals surface area (Å²) in [4.78, 5) is 27.9. The minimum absolute atomic E-state index is 0.0710. The molecule has 2 N–H and O–H groups in total. The van der Waals surface area contributed by atoms with Crippen molar-refractivity contribution in [1.82, 2.24) is 0 Å². The number of morpholine rings is 1. The number of anilines is 3. The fourth-order valence-corrected chi connectivity index (χ4v) is 3.87. The molecule has 0 atom stereocenters. The van der Waals surface area contributed by atoms with Crippen LogP contribution in [0, 0.1) is 12.3 Å². The lowest BCUT2D eigenvalue weighted by molar-refractivity contribution is -0.123. The van der Waals surface area contributed by atoms with E-state index in [0.717, 1.165) is 30.0 Å². The molecule has 0 radical (unpaired) electrons. The Hall–Kier alpha value is -2.38. The molecule has 6 nitrogen and oxygen atoms in total. The van der Waals surface area contributed by atoms with E-state index in [2.05, 4.69) is 15.5 Å². The summed E-state index contributed by atoms with van der Waals surface area (Å²) >= 11 is 1.30. The third-order valence-electron chi connectivity index (χ3n) is 4.55. The molecule has 28 heavy (non-hydrogen) atoms. The normalized spacial score (nSPS) is 14.6. The maximum absolute atomic E-state index is 12.9. The predicted octanol–water partition coefficient (Wildman–Crippen LogP) is 4.13. The first-order chi connectivity index (χ1) is 13.3. The summed E-state index contributed by atoms with van der Waals surface area (Å²) in [6.45, 7) is 10.4. The lowest BCUT2D eigenvalue weighted by Gasteiger charge is -2.30. The molecule has 0 spiro atoms. The van der Waals surface area contributed by atoms with E-state index in [1.54, 1.807) is 0 Å². The lowest BCUT2D eigenvalue weighted by Crippen LogP contribution is -2.36. The molecular formula is C21H27N3O3S. The molecule has 0 aliphatic carbocycles. The Labute approximate surface area is 169 Å². The van der Waals surface area contributed by atoms with E-state index in [0.29, 0.717) is 23.1 Å². The Morgan fingerprint density at radius 2 is 1.79 bits per heavy atom. The third-order valence-corrected chi connectivity index (χ3v) is 5.70. The Morgan fingerprint density at radius 1 is 1.11 bits per heavy atom. The van der Waals surface area contributed by atoms with E-state index >= 15 is 0 Å². The molecule has 2 heterocycles. The van der Waals surface area contributed by atoms with Gasteiger partial charge in [-0.15, -0.1) is 11.3 Å². The minimum Gasteiger partial charge on any atom is -0.378 e. The lowest BCUT2D eigenvalue weighted by atomic mass is 9.96. The summed E-state index contributed by atoms with van der Waals surface area (Å²) in [5, 5.41) is 6.62. The summed E-state index contributed by atoms with van der Waals surface area (Å²) < 4.78 is 5.42. The predicted molar refractivity (Wildman–Crippen MR) is 115 cm³/mol. The molecule has 150 valence electrons. The van der Waals surface area contributed by atoms with Gasteiger partial charge in [-0.3, -0.25) is 9.59 Å². The standard InChI is InChI=1S/C21H27N3O3S/c1-14-13-17(23-20(26)21(2,3)4)28-18(14)19(25)22-15-7-5-6-8-16(15)24-9-11-27-12-10-24/h5-8,13H,9-12H2,1-4H3,(H,22,25)(H,23,26). The molecule has 1 fully saturated rings. The second kappa shape index (κ2) is 8.32. The first kappa shape index (κ1) is 20.4. The average molecular weight is 402 g/mol. The van der Waals surface area contributed by atoms with Gasteiger partial charge in [0.1, 0.15) is 0 Å². The topological polar surface area (TPSA) is 70.7 Å². The van der Waals surface area contributed by atoms with Crippen molar-refractivity contribution < 1.29 is 14.3 Å². The molecule has 1 aliphatic heterocycles. The highest BCUT2D eigenvalue weighted by atomic mass is 32.1. The Balaban J connectivity index is 1.76. The summed E-state index contributed by atoms with van der Waals surface area (Å²) in [5.41, 5.74) is 2.13. The van der Waals surface area contributed by atoms with Crippen molar-refractivity contribution in [1.29, 1.82) is 0 Å². The quantitative estimate of drug-likeness (QED) is 0.808. The maximum Gasteiger partial charge on any atom is 0.266 e. The van der Waals surface area contributed by atoms with Gasteiger partial charge in [0.25, 0.3) is 5.91 Å². The number of thiophene rings is 1. The molecule has 1 aromatic heterocycles. The number of aryl methyl sites for hydroxylation is 1. The van der Waals surface area contributed by atoms with Crippen LogP contribution in [0.5, 0.6) is 0 Å². The molecule has 0 bridgehead atoms. The Morgan fingerprint density at radius 3 is 2.46 bits per heavy atom. The number of hydrogen-bond acceptors (Lipinski definition) is 5. The minimum atomic E-state index is -0.489. The fourth-order valence-electron chi connectivity index (χ4n) is 2.91. The van der Waals surface area contributed by atoms with Gasteiger partial charge in [0, 0.05) is 18.5 Å². The largest absolute Gasteiger partial charge is 0.378 e. The average Bonchev–Trinajstić information content (AvgIpc) is 3.02. The zero-order valence-corrected chi connectivity index (χ0v) is 17.6. The van der Waals surface area contributed by atoms with E-state index in [9.17, 15) is 9.59 Å². The van der Waals surface area contributed by atoms with Crippen LogP contribution >= 0.6 is 11.3 Å². The Kier molecular flexibility index (Phi) is 6.05. The first-order valence-electron chi connectivity index (χ1n) is 9.40. The van der Waals surface area contributed by atoms with Crippen molar-refractivity contribution in [3.05, 3.63) is 40.8 Å². The van der Waals surface area contributed by atoms with Crippen LogP contribution < -0.4 is 15.5 Å². The number of ether oxygens (including phenoxy) is 1. The van der Waals surface area contributed by atoms with Crippen LogP contribution in [-0.2, 0) is 9.53 Å². The highest BCUT2D eigenvalue weighted by Crippen LogP contribution is 2.31. The van der Waals surface area contributed by atoms with E-state index in [4.69, 9.17) is 4.74 Å². The number of nitrogens with one attached hydrogen (secondary N) is 2. The van der Waals surface area contributed by atoms with E-state index in [-0.39, 0.29) is 11.8 Å². The summed E-state index contributed by atoms with van der Waals surface area (Å²) in [5.74, 6) is -0.238. The number of para-hydroxylation sites is 2. The molecule has 7 heteroatoms. The number of carbonyl (C=O) groups is 2. The van der Waals surface area contributed by atoms with Crippen molar-refractivity contribution in [2.24, 2.45) is 5.41 Å². The van der Waals surface area contributed by atoms with Gasteiger partial charge in [-0.25, -0.2) is 0 Å². The number of hydrogen-bond donors (Lipinski definition) is 2. The molecule has 1 saturated heterocycles. The summed E-state index contributed by atoms with van der Waals surface area (Å²) in [7, 11) is 0. The van der Waals surface area contributed by atoms with Gasteiger partial charge < -0.3 is 20.3 Å². The molecule has 0 saturated carbocycles. The van der Waals surface area contributed by atoms with Gasteiger partial charge in [-0.05, 0) is 30.7 Å². The molecule has 3 rings (SSSR count). The van der Waals surface area contributed by atoms with Crippen LogP contribution in [-0.4, -0.2) is 38.1 Å². The zero-order chi connectivity index (χ0) is 20.3. The summed E-state index contributed by atoms with van der Waals surface area (Å²) in [6, 6.07) is 9.65. The van der Waals surface area contributed by atoms with Crippen molar-refractivity contribution >= 4 is 39.5 Å². The van der Waals surface area contributed by atoms with Crippen molar-refractivity contribution in [3.8, 4) is 0 Å². The van der Waals surface area contributed by atoms with Gasteiger partial charge in [0.2, 0.25) is 5.91 Å².